The Labute approximate surface area is 122 Å². The summed E-state index contributed by atoms with van der Waals surface area (Å²) < 4.78 is 0. The van der Waals surface area contributed by atoms with Gasteiger partial charge in [-0.1, -0.05) is 30.3 Å². The molecule has 1 heterocycles. The molecular formula is C14H17N5O2. The van der Waals surface area contributed by atoms with E-state index < -0.39 is 0 Å². The number of hydrogen-bond donors (Lipinski definition) is 3. The van der Waals surface area contributed by atoms with Gasteiger partial charge in [0.15, 0.2) is 5.82 Å². The molecule has 4 N–H and O–H groups in total. The van der Waals surface area contributed by atoms with Gasteiger partial charge in [0.25, 0.3) is 5.91 Å². The summed E-state index contributed by atoms with van der Waals surface area (Å²) in [5, 5.41) is 9.15. The molecule has 7 heteroatoms. The number of carbonyl (C=O) groups is 1. The zero-order valence-corrected chi connectivity index (χ0v) is 11.4. The zero-order chi connectivity index (χ0) is 15.1. The summed E-state index contributed by atoms with van der Waals surface area (Å²) in [5.41, 5.74) is 3.50. The summed E-state index contributed by atoms with van der Waals surface area (Å²) >= 11 is 0. The Morgan fingerprint density at radius 1 is 1.29 bits per heavy atom. The highest BCUT2D eigenvalue weighted by Gasteiger charge is 2.17. The van der Waals surface area contributed by atoms with Gasteiger partial charge in [0.05, 0.1) is 19.0 Å². The highest BCUT2D eigenvalue weighted by molar-refractivity contribution is 5.92. The van der Waals surface area contributed by atoms with E-state index in [0.717, 1.165) is 5.56 Å². The van der Waals surface area contributed by atoms with Crippen molar-refractivity contribution in [2.75, 3.05) is 18.6 Å². The van der Waals surface area contributed by atoms with Crippen molar-refractivity contribution in [3.05, 3.63) is 54.0 Å². The number of rotatable bonds is 6. The van der Waals surface area contributed by atoms with Crippen LogP contribution in [0.15, 0.2) is 42.7 Å². The molecule has 0 saturated carbocycles. The first kappa shape index (κ1) is 14.9. The summed E-state index contributed by atoms with van der Waals surface area (Å²) in [6, 6.07) is 9.54. The van der Waals surface area contributed by atoms with Gasteiger partial charge < -0.3 is 15.4 Å². The number of aliphatic hydroxyl groups is 1. The second kappa shape index (κ2) is 7.32. The number of nitrogens with one attached hydrogen (secondary N) is 1. The number of anilines is 1. The number of nitrogens with zero attached hydrogens (tertiary/aromatic N) is 3. The number of nitrogens with two attached hydrogens (primary N) is 1. The van der Waals surface area contributed by atoms with Crippen LogP contribution in [-0.4, -0.2) is 39.0 Å². The second-order valence-corrected chi connectivity index (χ2v) is 4.37. The molecule has 21 heavy (non-hydrogen) atoms. The number of hydrogen-bond acceptors (Lipinski definition) is 6. The van der Waals surface area contributed by atoms with Gasteiger partial charge in [-0.05, 0) is 5.56 Å². The molecule has 0 saturated heterocycles. The van der Waals surface area contributed by atoms with E-state index in [0.29, 0.717) is 12.4 Å². The van der Waals surface area contributed by atoms with Gasteiger partial charge >= 0.3 is 0 Å². The van der Waals surface area contributed by atoms with E-state index in [1.165, 1.54) is 17.3 Å². The normalized spacial score (nSPS) is 10.2. The molecule has 0 aliphatic rings. The lowest BCUT2D eigenvalue weighted by atomic mass is 10.2. The number of aliphatic hydroxyl groups excluding tert-OH is 1. The van der Waals surface area contributed by atoms with Crippen molar-refractivity contribution in [3.63, 3.8) is 0 Å². The molecule has 0 fully saturated rings. The molecule has 7 nitrogen and oxygen atoms in total. The topological polar surface area (TPSA) is 104 Å². The van der Waals surface area contributed by atoms with Gasteiger partial charge in [-0.3, -0.25) is 9.78 Å². The van der Waals surface area contributed by atoms with Crippen LogP contribution >= 0.6 is 0 Å². The molecule has 0 bridgehead atoms. The summed E-state index contributed by atoms with van der Waals surface area (Å²) in [4.78, 5) is 21.9. The molecule has 1 amide bonds. The number of carbonyl (C=O) groups excluding carboxylic acids is 1. The van der Waals surface area contributed by atoms with Crippen LogP contribution in [0.5, 0.6) is 0 Å². The highest BCUT2D eigenvalue weighted by Crippen LogP contribution is 2.09. The zero-order valence-electron chi connectivity index (χ0n) is 11.4. The van der Waals surface area contributed by atoms with Crippen molar-refractivity contribution in [2.24, 2.45) is 5.84 Å². The molecule has 110 valence electrons. The van der Waals surface area contributed by atoms with Gasteiger partial charge in [-0.15, -0.1) is 0 Å². The molecule has 1 aromatic heterocycles. The minimum atomic E-state index is -0.308. The van der Waals surface area contributed by atoms with Crippen LogP contribution in [0.3, 0.4) is 0 Å². The first-order valence-electron chi connectivity index (χ1n) is 6.47. The van der Waals surface area contributed by atoms with Gasteiger partial charge in [0.1, 0.15) is 5.69 Å². The quantitative estimate of drug-likeness (QED) is 0.524. The Bertz CT molecular complexity index is 591. The Balaban J connectivity index is 2.18. The molecule has 0 atom stereocenters. The van der Waals surface area contributed by atoms with Crippen LogP contribution < -0.4 is 11.3 Å². The lowest BCUT2D eigenvalue weighted by Crippen LogP contribution is -2.34. The number of hydrazine groups is 1. The third kappa shape index (κ3) is 3.98. The Hall–Kier alpha value is -2.51. The maximum absolute atomic E-state index is 12.5. The monoisotopic (exact) mass is 287 g/mol. The average molecular weight is 287 g/mol. The number of amides is 1. The Kier molecular flexibility index (Phi) is 5.19. The van der Waals surface area contributed by atoms with E-state index in [4.69, 9.17) is 10.9 Å². The molecule has 0 spiro atoms. The maximum atomic E-state index is 12.5. The number of nitrogen functional groups attached to an aromatic ring is 1. The molecule has 2 rings (SSSR count). The molecule has 0 radical (unpaired) electrons. The van der Waals surface area contributed by atoms with E-state index in [-0.39, 0.29) is 24.8 Å². The fourth-order valence-electron chi connectivity index (χ4n) is 1.88. The first-order chi connectivity index (χ1) is 10.2. The fraction of sp³-hybridized carbons (Fsp3) is 0.214. The molecule has 0 aliphatic carbocycles. The van der Waals surface area contributed by atoms with Crippen LogP contribution in [-0.2, 0) is 6.54 Å². The lowest BCUT2D eigenvalue weighted by Gasteiger charge is -2.21. The predicted molar refractivity (Wildman–Crippen MR) is 78.1 cm³/mol. The third-order valence-corrected chi connectivity index (χ3v) is 2.87. The molecular weight excluding hydrogens is 270 g/mol. The average Bonchev–Trinajstić information content (AvgIpc) is 2.55. The smallest absolute Gasteiger partial charge is 0.274 e. The summed E-state index contributed by atoms with van der Waals surface area (Å²) in [6.07, 6.45) is 2.79. The molecule has 2 aromatic rings. The van der Waals surface area contributed by atoms with Gasteiger partial charge in [0.2, 0.25) is 0 Å². The van der Waals surface area contributed by atoms with Crippen molar-refractivity contribution in [1.29, 1.82) is 0 Å². The van der Waals surface area contributed by atoms with Crippen molar-refractivity contribution >= 4 is 11.7 Å². The molecule has 0 unspecified atom stereocenters. The van der Waals surface area contributed by atoms with Crippen LogP contribution in [0.2, 0.25) is 0 Å². The second-order valence-electron chi connectivity index (χ2n) is 4.37. The number of benzene rings is 1. The SMILES string of the molecule is NNc1cncc(C(=O)N(CCO)Cc2ccccc2)n1. The Morgan fingerprint density at radius 3 is 2.71 bits per heavy atom. The van der Waals surface area contributed by atoms with E-state index in [2.05, 4.69) is 15.4 Å². The Morgan fingerprint density at radius 2 is 2.05 bits per heavy atom. The lowest BCUT2D eigenvalue weighted by molar-refractivity contribution is 0.0701. The van der Waals surface area contributed by atoms with E-state index in [1.54, 1.807) is 0 Å². The van der Waals surface area contributed by atoms with E-state index in [1.807, 2.05) is 30.3 Å². The number of aromatic nitrogens is 2. The fourth-order valence-corrected chi connectivity index (χ4v) is 1.88. The summed E-state index contributed by atoms with van der Waals surface area (Å²) in [7, 11) is 0. The van der Waals surface area contributed by atoms with E-state index in [9.17, 15) is 4.79 Å². The van der Waals surface area contributed by atoms with Crippen molar-refractivity contribution in [3.8, 4) is 0 Å². The minimum Gasteiger partial charge on any atom is -0.395 e. The van der Waals surface area contributed by atoms with Crippen LogP contribution in [0.4, 0.5) is 5.82 Å². The summed E-state index contributed by atoms with van der Waals surface area (Å²) in [6.45, 7) is 0.485. The first-order valence-corrected chi connectivity index (χ1v) is 6.47. The third-order valence-electron chi connectivity index (χ3n) is 2.87. The maximum Gasteiger partial charge on any atom is 0.274 e. The van der Waals surface area contributed by atoms with Crippen molar-refractivity contribution in [2.45, 2.75) is 6.54 Å². The standard InChI is InChI=1S/C14H17N5O2/c15-18-13-9-16-8-12(17-13)14(21)19(6-7-20)10-11-4-2-1-3-5-11/h1-5,8-9,20H,6-7,10,15H2,(H,17,18). The van der Waals surface area contributed by atoms with Crippen molar-refractivity contribution < 1.29 is 9.90 Å². The van der Waals surface area contributed by atoms with Gasteiger partial charge in [0, 0.05) is 13.1 Å². The largest absolute Gasteiger partial charge is 0.395 e. The molecule has 1 aromatic carbocycles. The van der Waals surface area contributed by atoms with Gasteiger partial charge in [-0.25, -0.2) is 10.8 Å². The summed E-state index contributed by atoms with van der Waals surface area (Å²) in [5.74, 6) is 5.26. The van der Waals surface area contributed by atoms with Gasteiger partial charge in [-0.2, -0.15) is 0 Å². The minimum absolute atomic E-state index is 0.124. The van der Waals surface area contributed by atoms with Crippen molar-refractivity contribution in [1.82, 2.24) is 14.9 Å². The highest BCUT2D eigenvalue weighted by atomic mass is 16.3. The van der Waals surface area contributed by atoms with E-state index >= 15 is 0 Å². The molecule has 0 aliphatic heterocycles. The van der Waals surface area contributed by atoms with Crippen LogP contribution in [0.1, 0.15) is 16.1 Å². The van der Waals surface area contributed by atoms with Crippen LogP contribution in [0, 0.1) is 0 Å². The predicted octanol–water partition coefficient (Wildman–Crippen LogP) is 0.397. The van der Waals surface area contributed by atoms with Crippen LogP contribution in [0.25, 0.3) is 0 Å².